The Kier molecular flexibility index (Phi) is 23.2. The van der Waals surface area contributed by atoms with Crippen LogP contribution in [0.5, 0.6) is 0 Å². The summed E-state index contributed by atoms with van der Waals surface area (Å²) in [5, 5.41) is 10.2. The number of carbonyl (C=O) groups is 1. The van der Waals surface area contributed by atoms with Crippen molar-refractivity contribution < 1.29 is 14.5 Å². The Morgan fingerprint density at radius 3 is 1.50 bits per heavy atom. The zero-order valence-electron chi connectivity index (χ0n) is 19.8. The van der Waals surface area contributed by atoms with E-state index < -0.39 is 0 Å². The maximum absolute atomic E-state index is 11.7. The maximum atomic E-state index is 11.7. The van der Waals surface area contributed by atoms with Crippen LogP contribution in [0.25, 0.3) is 0 Å². The van der Waals surface area contributed by atoms with Gasteiger partial charge in [0.15, 0.2) is 0 Å². The van der Waals surface area contributed by atoms with Crippen LogP contribution in [0.1, 0.15) is 142 Å². The van der Waals surface area contributed by atoms with Crippen molar-refractivity contribution in [2.45, 2.75) is 142 Å². The second kappa shape index (κ2) is 24.1. The summed E-state index contributed by atoms with van der Waals surface area (Å²) >= 11 is 0. The number of hydrogen-bond acceptors (Lipinski definition) is 4. The predicted octanol–water partition coefficient (Wildman–Crippen LogP) is 8.02. The van der Waals surface area contributed by atoms with Gasteiger partial charge in [0.1, 0.15) is 0 Å². The van der Waals surface area contributed by atoms with Crippen molar-refractivity contribution in [1.29, 1.82) is 0 Å². The number of esters is 1. The monoisotopic (exact) mass is 427 g/mol. The number of unbranched alkanes of at least 4 members (excludes halogenated alkanes) is 18. The number of nitrogens with zero attached hydrogens (tertiary/aromatic N) is 1. The van der Waals surface area contributed by atoms with Crippen molar-refractivity contribution in [1.82, 2.24) is 0 Å². The van der Waals surface area contributed by atoms with Crippen molar-refractivity contribution in [3.05, 3.63) is 10.1 Å². The van der Waals surface area contributed by atoms with E-state index in [9.17, 15) is 14.9 Å². The quantitative estimate of drug-likeness (QED) is 0.0676. The molecule has 0 aliphatic heterocycles. The minimum atomic E-state index is -0.256. The zero-order valence-corrected chi connectivity index (χ0v) is 19.8. The van der Waals surface area contributed by atoms with Gasteiger partial charge in [0.25, 0.3) is 0 Å². The lowest BCUT2D eigenvalue weighted by Crippen LogP contribution is -2.05. The molecular formula is C25H49NO4. The Balaban J connectivity index is 3.15. The van der Waals surface area contributed by atoms with Crippen LogP contribution >= 0.6 is 0 Å². The van der Waals surface area contributed by atoms with Gasteiger partial charge < -0.3 is 4.74 Å². The summed E-state index contributed by atoms with van der Waals surface area (Å²) in [7, 11) is 0. The molecule has 0 N–H and O–H groups in total. The van der Waals surface area contributed by atoms with Gasteiger partial charge in [-0.25, -0.2) is 0 Å². The van der Waals surface area contributed by atoms with Gasteiger partial charge in [0.2, 0.25) is 6.54 Å². The molecule has 0 radical (unpaired) electrons. The van der Waals surface area contributed by atoms with Crippen LogP contribution < -0.4 is 0 Å². The fourth-order valence-corrected chi connectivity index (χ4v) is 3.77. The molecule has 0 spiro atoms. The molecule has 0 saturated carbocycles. The highest BCUT2D eigenvalue weighted by atomic mass is 16.6. The smallest absolute Gasteiger partial charge is 0.305 e. The van der Waals surface area contributed by atoms with Crippen LogP contribution in [0.3, 0.4) is 0 Å². The van der Waals surface area contributed by atoms with Crippen LogP contribution in [0, 0.1) is 10.1 Å². The number of ether oxygens (including phenoxy) is 1. The summed E-state index contributed by atoms with van der Waals surface area (Å²) < 4.78 is 5.31. The van der Waals surface area contributed by atoms with E-state index in [4.69, 9.17) is 4.74 Å². The Morgan fingerprint density at radius 2 is 1.03 bits per heavy atom. The van der Waals surface area contributed by atoms with Gasteiger partial charge >= 0.3 is 5.97 Å². The molecule has 0 aliphatic rings. The lowest BCUT2D eigenvalue weighted by atomic mass is 10.0. The Labute approximate surface area is 185 Å². The molecule has 0 rings (SSSR count). The summed E-state index contributed by atoms with van der Waals surface area (Å²) in [4.78, 5) is 21.6. The first-order chi connectivity index (χ1) is 14.7. The first-order valence-electron chi connectivity index (χ1n) is 12.9. The Bertz CT molecular complexity index is 387. The van der Waals surface area contributed by atoms with Gasteiger partial charge in [-0.3, -0.25) is 14.9 Å². The van der Waals surface area contributed by atoms with E-state index in [-0.39, 0.29) is 17.4 Å². The first-order valence-corrected chi connectivity index (χ1v) is 12.9. The van der Waals surface area contributed by atoms with E-state index in [0.29, 0.717) is 19.4 Å². The minimum Gasteiger partial charge on any atom is -0.466 e. The van der Waals surface area contributed by atoms with Gasteiger partial charge in [-0.1, -0.05) is 110 Å². The minimum absolute atomic E-state index is 0.0713. The van der Waals surface area contributed by atoms with Gasteiger partial charge in [0, 0.05) is 17.8 Å². The zero-order chi connectivity index (χ0) is 22.1. The van der Waals surface area contributed by atoms with Gasteiger partial charge in [-0.05, 0) is 19.3 Å². The summed E-state index contributed by atoms with van der Waals surface area (Å²) in [5.41, 5.74) is 0. The SMILES string of the molecule is CCCCCCCCCCCCCCCCOC(=O)CCCCCCCC[N+](=O)[O-]. The molecule has 0 saturated heterocycles. The normalized spacial score (nSPS) is 11.0. The van der Waals surface area contributed by atoms with Gasteiger partial charge in [-0.15, -0.1) is 0 Å². The van der Waals surface area contributed by atoms with E-state index in [0.717, 1.165) is 44.9 Å². The fraction of sp³-hybridized carbons (Fsp3) is 0.960. The van der Waals surface area contributed by atoms with Crippen LogP contribution in [-0.4, -0.2) is 24.0 Å². The third kappa shape index (κ3) is 24.9. The molecule has 0 fully saturated rings. The number of hydrogen-bond donors (Lipinski definition) is 0. The lowest BCUT2D eigenvalue weighted by Gasteiger charge is -2.05. The molecule has 0 atom stereocenters. The molecule has 5 heteroatoms. The topological polar surface area (TPSA) is 69.4 Å². The molecule has 0 aliphatic carbocycles. The van der Waals surface area contributed by atoms with Crippen LogP contribution in [0.4, 0.5) is 0 Å². The summed E-state index contributed by atoms with van der Waals surface area (Å²) in [6, 6.07) is 0. The first kappa shape index (κ1) is 28.9. The van der Waals surface area contributed by atoms with Crippen molar-refractivity contribution >= 4 is 5.97 Å². The number of carbonyl (C=O) groups excluding carboxylic acids is 1. The molecule has 0 aromatic heterocycles. The molecule has 0 unspecified atom stereocenters. The molecular weight excluding hydrogens is 378 g/mol. The molecule has 0 bridgehead atoms. The third-order valence-electron chi connectivity index (χ3n) is 5.73. The van der Waals surface area contributed by atoms with Crippen molar-refractivity contribution in [3.8, 4) is 0 Å². The number of rotatable bonds is 24. The molecule has 0 heterocycles. The largest absolute Gasteiger partial charge is 0.466 e. The molecule has 178 valence electrons. The molecule has 0 aromatic carbocycles. The second-order valence-corrected chi connectivity index (χ2v) is 8.74. The molecule has 30 heavy (non-hydrogen) atoms. The van der Waals surface area contributed by atoms with E-state index in [2.05, 4.69) is 6.92 Å². The highest BCUT2D eigenvalue weighted by Gasteiger charge is 2.03. The van der Waals surface area contributed by atoms with Crippen LogP contribution in [-0.2, 0) is 9.53 Å². The van der Waals surface area contributed by atoms with Gasteiger partial charge in [-0.2, -0.15) is 0 Å². The lowest BCUT2D eigenvalue weighted by molar-refractivity contribution is -0.480. The summed E-state index contributed by atoms with van der Waals surface area (Å²) in [6.45, 7) is 2.91. The van der Waals surface area contributed by atoms with E-state index in [1.807, 2.05) is 0 Å². The average Bonchev–Trinajstić information content (AvgIpc) is 2.72. The van der Waals surface area contributed by atoms with Crippen molar-refractivity contribution in [2.24, 2.45) is 0 Å². The fourth-order valence-electron chi connectivity index (χ4n) is 3.77. The van der Waals surface area contributed by atoms with E-state index in [1.165, 1.54) is 77.0 Å². The van der Waals surface area contributed by atoms with E-state index >= 15 is 0 Å². The average molecular weight is 428 g/mol. The van der Waals surface area contributed by atoms with Gasteiger partial charge in [0.05, 0.1) is 6.61 Å². The standard InChI is InChI=1S/C25H49NO4/c1-2-3-4-5-6-7-8-9-10-11-12-15-18-21-24-30-25(27)22-19-16-13-14-17-20-23-26(28)29/h2-24H2,1H3. The van der Waals surface area contributed by atoms with Crippen molar-refractivity contribution in [3.63, 3.8) is 0 Å². The third-order valence-corrected chi connectivity index (χ3v) is 5.73. The molecule has 5 nitrogen and oxygen atoms in total. The summed E-state index contributed by atoms with van der Waals surface area (Å²) in [6.07, 6.45) is 24.7. The Morgan fingerprint density at radius 1 is 0.633 bits per heavy atom. The predicted molar refractivity (Wildman–Crippen MR) is 125 cm³/mol. The molecule has 0 aromatic rings. The Hall–Kier alpha value is -1.13. The van der Waals surface area contributed by atoms with Crippen LogP contribution in [0.15, 0.2) is 0 Å². The van der Waals surface area contributed by atoms with Crippen molar-refractivity contribution in [2.75, 3.05) is 13.2 Å². The van der Waals surface area contributed by atoms with E-state index in [1.54, 1.807) is 0 Å². The summed E-state index contributed by atoms with van der Waals surface area (Å²) in [5.74, 6) is -0.0713. The number of nitro groups is 1. The second-order valence-electron chi connectivity index (χ2n) is 8.74. The maximum Gasteiger partial charge on any atom is 0.305 e. The highest BCUT2D eigenvalue weighted by Crippen LogP contribution is 2.13. The van der Waals surface area contributed by atoms with Crippen LogP contribution in [0.2, 0.25) is 0 Å². The molecule has 0 amide bonds. The highest BCUT2D eigenvalue weighted by molar-refractivity contribution is 5.69.